The molecule has 2 aliphatic carbocycles. The zero-order valence-corrected chi connectivity index (χ0v) is 17.4. The van der Waals surface area contributed by atoms with E-state index < -0.39 is 19.5 Å². The summed E-state index contributed by atoms with van der Waals surface area (Å²) in [6.07, 6.45) is 16.1. The van der Waals surface area contributed by atoms with Crippen molar-refractivity contribution in [3.63, 3.8) is 0 Å². The zero-order chi connectivity index (χ0) is 13.1. The molecule has 21 heavy (non-hydrogen) atoms. The van der Waals surface area contributed by atoms with Gasteiger partial charge in [0.05, 0.1) is 0 Å². The van der Waals surface area contributed by atoms with Crippen molar-refractivity contribution in [3.05, 3.63) is 79.0 Å². The molecule has 0 unspecified atom stereocenters. The van der Waals surface area contributed by atoms with Crippen LogP contribution in [0.25, 0.3) is 0 Å². The van der Waals surface area contributed by atoms with Crippen molar-refractivity contribution in [2.75, 3.05) is 0 Å². The first-order chi connectivity index (χ1) is 9.29. The van der Waals surface area contributed by atoms with E-state index in [1.165, 1.54) is 18.4 Å². The van der Waals surface area contributed by atoms with Crippen LogP contribution in [0.15, 0.2) is 73.4 Å². The van der Waals surface area contributed by atoms with E-state index in [0.717, 1.165) is 0 Å². The summed E-state index contributed by atoms with van der Waals surface area (Å²) in [6, 6.07) is 10.9. The molecule has 1 aromatic carbocycles. The molecule has 0 N–H and O–H groups in total. The van der Waals surface area contributed by atoms with Gasteiger partial charge in [0.2, 0.25) is 0 Å². The van der Waals surface area contributed by atoms with Crippen molar-refractivity contribution in [1.29, 1.82) is 0 Å². The van der Waals surface area contributed by atoms with Gasteiger partial charge in [-0.3, -0.25) is 0 Å². The van der Waals surface area contributed by atoms with Crippen LogP contribution in [0, 0.1) is 0 Å². The maximum atomic E-state index is 2.63. The molecular formula is C18H21Cl2Hf. The van der Waals surface area contributed by atoms with Crippen LogP contribution in [0.5, 0.6) is 0 Å². The van der Waals surface area contributed by atoms with Gasteiger partial charge in [0.15, 0.2) is 0 Å². The molecule has 3 heteroatoms. The standard InChI is InChI=1S/C7H6.2C5H5.CH3.2ClH.Hf/c1-7-5-3-2-4-6-7;2*1-2-4-5-3-1;;;;/h1-6H;2*1-3H,4H2;1H3;2*1H;. The second-order valence-corrected chi connectivity index (χ2v) is 19.7. The van der Waals surface area contributed by atoms with Crippen molar-refractivity contribution in [3.8, 4) is 0 Å². The van der Waals surface area contributed by atoms with Crippen molar-refractivity contribution in [1.82, 2.24) is 0 Å². The Morgan fingerprint density at radius 2 is 1.38 bits per heavy atom. The Morgan fingerprint density at radius 3 is 1.81 bits per heavy atom. The average molecular weight is 487 g/mol. The number of benzene rings is 1. The van der Waals surface area contributed by atoms with Crippen molar-refractivity contribution in [2.45, 2.75) is 17.5 Å². The number of hydrogen-bond donors (Lipinski definition) is 0. The van der Waals surface area contributed by atoms with Crippen LogP contribution in [0.2, 0.25) is 4.68 Å². The molecule has 0 aromatic heterocycles. The van der Waals surface area contributed by atoms with E-state index in [-0.39, 0.29) is 24.8 Å². The molecule has 0 heterocycles. The Labute approximate surface area is 144 Å². The average Bonchev–Trinajstić information content (AvgIpc) is 3.14. The maximum absolute atomic E-state index is 2.66. The second kappa shape index (κ2) is 8.22. The fourth-order valence-corrected chi connectivity index (χ4v) is 15.9. The molecular weight excluding hydrogens is 466 g/mol. The van der Waals surface area contributed by atoms with Crippen LogP contribution < -0.4 is 0 Å². The Kier molecular flexibility index (Phi) is 7.26. The van der Waals surface area contributed by atoms with Crippen LogP contribution in [-0.4, -0.2) is 3.76 Å². The van der Waals surface area contributed by atoms with Gasteiger partial charge >= 0.3 is 120 Å². The summed E-state index contributed by atoms with van der Waals surface area (Å²) in [5, 5.41) is 0. The molecule has 0 radical (unpaired) electrons. The predicted molar refractivity (Wildman–Crippen MR) is 95.6 cm³/mol. The molecule has 0 spiro atoms. The van der Waals surface area contributed by atoms with E-state index in [2.05, 4.69) is 75.2 Å². The molecule has 3 rings (SSSR count). The monoisotopic (exact) mass is 487 g/mol. The fraction of sp³-hybridized carbons (Fsp3) is 0.167. The molecule has 2 aliphatic rings. The number of allylic oxidation sites excluding steroid dienone is 8. The summed E-state index contributed by atoms with van der Waals surface area (Å²) in [6.45, 7) is 0. The van der Waals surface area contributed by atoms with Crippen molar-refractivity contribution >= 4 is 28.6 Å². The minimum atomic E-state index is -2.66. The van der Waals surface area contributed by atoms with E-state index in [4.69, 9.17) is 0 Å². The van der Waals surface area contributed by atoms with E-state index in [0.29, 0.717) is 0 Å². The molecule has 0 fully saturated rings. The fourth-order valence-electron chi connectivity index (χ4n) is 2.94. The van der Waals surface area contributed by atoms with Crippen molar-refractivity contribution < 1.29 is 19.5 Å². The molecule has 0 saturated carbocycles. The summed E-state index contributed by atoms with van der Waals surface area (Å²) in [5.41, 5.74) is 1.40. The first kappa shape index (κ1) is 18.5. The molecule has 0 aliphatic heterocycles. The first-order valence-electron chi connectivity index (χ1n) is 6.92. The van der Waals surface area contributed by atoms with Crippen LogP contribution in [0.1, 0.15) is 18.4 Å². The molecule has 0 amide bonds. The van der Waals surface area contributed by atoms with Gasteiger partial charge in [0.1, 0.15) is 0 Å². The summed E-state index contributed by atoms with van der Waals surface area (Å²) < 4.78 is 8.63. The van der Waals surface area contributed by atoms with E-state index in [9.17, 15) is 0 Å². The Hall–Kier alpha value is -0.500. The molecule has 0 saturated heterocycles. The SMILES string of the molecule is Cl.Cl.[CH3][Hf](=[CH]c1ccccc1)([C]1=CC=CC1)[C]1=CC=CC1. The van der Waals surface area contributed by atoms with E-state index in [1.54, 1.807) is 6.66 Å². The first-order valence-corrected chi connectivity index (χ1v) is 16.2. The molecule has 0 atom stereocenters. The number of halogens is 2. The second-order valence-electron chi connectivity index (χ2n) is 5.41. The molecule has 0 nitrogen and oxygen atoms in total. The zero-order valence-electron chi connectivity index (χ0n) is 12.2. The van der Waals surface area contributed by atoms with Gasteiger partial charge in [-0.05, 0) is 0 Å². The third kappa shape index (κ3) is 4.03. The summed E-state index contributed by atoms with van der Waals surface area (Å²) >= 11 is -2.66. The van der Waals surface area contributed by atoms with Crippen LogP contribution in [0.4, 0.5) is 0 Å². The summed E-state index contributed by atoms with van der Waals surface area (Å²) in [5.74, 6) is 0. The van der Waals surface area contributed by atoms with Crippen molar-refractivity contribution in [2.24, 2.45) is 0 Å². The van der Waals surface area contributed by atoms with Crippen LogP contribution >= 0.6 is 24.8 Å². The third-order valence-corrected chi connectivity index (χ3v) is 19.7. The molecule has 111 valence electrons. The van der Waals surface area contributed by atoms with E-state index >= 15 is 0 Å². The number of hydrogen-bond acceptors (Lipinski definition) is 0. The molecule has 0 bridgehead atoms. The third-order valence-electron chi connectivity index (χ3n) is 4.13. The van der Waals surface area contributed by atoms with Gasteiger partial charge < -0.3 is 0 Å². The normalized spacial score (nSPS) is 15.9. The van der Waals surface area contributed by atoms with Gasteiger partial charge in [-0.2, -0.15) is 0 Å². The van der Waals surface area contributed by atoms with Gasteiger partial charge in [-0.15, -0.1) is 24.8 Å². The quantitative estimate of drug-likeness (QED) is 0.490. The van der Waals surface area contributed by atoms with E-state index in [1.807, 2.05) is 0 Å². The van der Waals surface area contributed by atoms with Crippen LogP contribution in [-0.2, 0) is 19.5 Å². The minimum absolute atomic E-state index is 0. The summed E-state index contributed by atoms with van der Waals surface area (Å²) in [7, 11) is 0. The topological polar surface area (TPSA) is 0 Å². The predicted octanol–water partition coefficient (Wildman–Crippen LogP) is 5.57. The Morgan fingerprint density at radius 1 is 0.857 bits per heavy atom. The summed E-state index contributed by atoms with van der Waals surface area (Å²) in [4.78, 5) is 0. The number of rotatable bonds is 3. The van der Waals surface area contributed by atoms with Gasteiger partial charge in [-0.1, -0.05) is 0 Å². The van der Waals surface area contributed by atoms with Gasteiger partial charge in [0.25, 0.3) is 0 Å². The van der Waals surface area contributed by atoms with Gasteiger partial charge in [-0.25, -0.2) is 0 Å². The van der Waals surface area contributed by atoms with Crippen LogP contribution in [0.3, 0.4) is 0 Å². The van der Waals surface area contributed by atoms with Gasteiger partial charge in [0, 0.05) is 0 Å². The molecule has 1 aromatic rings. The Balaban J connectivity index is 0.00000110. The Bertz CT molecular complexity index is 615.